The molecule has 0 radical (unpaired) electrons. The molecule has 6 heteroatoms. The summed E-state index contributed by atoms with van der Waals surface area (Å²) in [5.74, 6) is 0.609. The van der Waals surface area contributed by atoms with E-state index in [1.807, 2.05) is 37.4 Å². The summed E-state index contributed by atoms with van der Waals surface area (Å²) < 4.78 is 6.07. The van der Waals surface area contributed by atoms with E-state index < -0.39 is 0 Å². The topological polar surface area (TPSA) is 51.2 Å². The number of carbonyl (C=O) groups excluding carboxylic acids is 1. The van der Waals surface area contributed by atoms with Gasteiger partial charge in [-0.15, -0.1) is 11.3 Å². The van der Waals surface area contributed by atoms with Gasteiger partial charge < -0.3 is 4.74 Å². The number of amides is 1. The standard InChI is InChI=1S/C15H15BrN2O2S/c1-9(2)6-14(19)18-15-17-12(8-21-15)10-4-5-13(20-3)11(16)7-10/h4-8H,1-3H3,(H,17,18,19). The smallest absolute Gasteiger partial charge is 0.250 e. The molecule has 0 spiro atoms. The maximum atomic E-state index is 11.7. The Morgan fingerprint density at radius 3 is 2.81 bits per heavy atom. The number of ether oxygens (including phenoxy) is 1. The summed E-state index contributed by atoms with van der Waals surface area (Å²) in [6.07, 6.45) is 1.55. The third-order valence-electron chi connectivity index (χ3n) is 2.60. The van der Waals surface area contributed by atoms with Gasteiger partial charge in [-0.2, -0.15) is 0 Å². The van der Waals surface area contributed by atoms with E-state index >= 15 is 0 Å². The molecule has 0 aliphatic rings. The van der Waals surface area contributed by atoms with Crippen molar-refractivity contribution in [3.63, 3.8) is 0 Å². The van der Waals surface area contributed by atoms with Crippen molar-refractivity contribution in [3.8, 4) is 17.0 Å². The maximum Gasteiger partial charge on any atom is 0.250 e. The van der Waals surface area contributed by atoms with Gasteiger partial charge in [0.15, 0.2) is 5.13 Å². The minimum atomic E-state index is -0.160. The molecule has 1 N–H and O–H groups in total. The molecule has 0 aliphatic carbocycles. The molecule has 0 saturated carbocycles. The number of nitrogens with one attached hydrogen (secondary N) is 1. The van der Waals surface area contributed by atoms with Crippen LogP contribution in [0, 0.1) is 0 Å². The molecule has 1 aromatic carbocycles. The summed E-state index contributed by atoms with van der Waals surface area (Å²) in [4.78, 5) is 16.1. The first-order valence-electron chi connectivity index (χ1n) is 6.25. The molecule has 2 rings (SSSR count). The predicted molar refractivity (Wildman–Crippen MR) is 89.9 cm³/mol. The molecule has 1 aromatic heterocycles. The van der Waals surface area contributed by atoms with Crippen molar-refractivity contribution >= 4 is 38.3 Å². The fourth-order valence-corrected chi connectivity index (χ4v) is 2.96. The summed E-state index contributed by atoms with van der Waals surface area (Å²) in [6.45, 7) is 3.75. The number of allylic oxidation sites excluding steroid dienone is 1. The van der Waals surface area contributed by atoms with E-state index in [-0.39, 0.29) is 5.91 Å². The van der Waals surface area contributed by atoms with Gasteiger partial charge in [0.05, 0.1) is 17.3 Å². The minimum absolute atomic E-state index is 0.160. The van der Waals surface area contributed by atoms with Crippen LogP contribution in [0.25, 0.3) is 11.3 Å². The van der Waals surface area contributed by atoms with E-state index in [2.05, 4.69) is 26.2 Å². The minimum Gasteiger partial charge on any atom is -0.496 e. The molecule has 1 amide bonds. The van der Waals surface area contributed by atoms with Crippen molar-refractivity contribution < 1.29 is 9.53 Å². The second kappa shape index (κ2) is 6.87. The largest absolute Gasteiger partial charge is 0.496 e. The fraction of sp³-hybridized carbons (Fsp3) is 0.200. The highest BCUT2D eigenvalue weighted by Crippen LogP contribution is 2.31. The van der Waals surface area contributed by atoms with E-state index in [1.165, 1.54) is 11.3 Å². The van der Waals surface area contributed by atoms with Crippen LogP contribution < -0.4 is 10.1 Å². The van der Waals surface area contributed by atoms with Crippen molar-refractivity contribution in [2.24, 2.45) is 0 Å². The summed E-state index contributed by atoms with van der Waals surface area (Å²) in [5, 5.41) is 5.25. The molecular formula is C15H15BrN2O2S. The molecule has 4 nitrogen and oxygen atoms in total. The molecule has 21 heavy (non-hydrogen) atoms. The Kier molecular flexibility index (Phi) is 5.14. The molecule has 110 valence electrons. The fourth-order valence-electron chi connectivity index (χ4n) is 1.69. The molecule has 0 aliphatic heterocycles. The highest BCUT2D eigenvalue weighted by Gasteiger charge is 2.09. The van der Waals surface area contributed by atoms with Gasteiger partial charge in [0.2, 0.25) is 5.91 Å². The first-order valence-corrected chi connectivity index (χ1v) is 7.92. The van der Waals surface area contributed by atoms with E-state index in [0.29, 0.717) is 5.13 Å². The third-order valence-corrected chi connectivity index (χ3v) is 3.98. The quantitative estimate of drug-likeness (QED) is 0.811. The SMILES string of the molecule is COc1ccc(-c2csc(NC(=O)C=C(C)C)n2)cc1Br. The highest BCUT2D eigenvalue weighted by atomic mass is 79.9. The number of methoxy groups -OCH3 is 1. The molecule has 0 saturated heterocycles. The molecule has 0 unspecified atom stereocenters. The lowest BCUT2D eigenvalue weighted by molar-refractivity contribution is -0.111. The number of nitrogens with zero attached hydrogens (tertiary/aromatic N) is 1. The number of anilines is 1. The number of halogens is 1. The lowest BCUT2D eigenvalue weighted by Crippen LogP contribution is -2.07. The Bertz CT molecular complexity index is 691. The Hall–Kier alpha value is -1.66. The van der Waals surface area contributed by atoms with Crippen LogP contribution in [0.5, 0.6) is 5.75 Å². The van der Waals surface area contributed by atoms with Crippen LogP contribution in [-0.4, -0.2) is 18.0 Å². The second-order valence-electron chi connectivity index (χ2n) is 4.60. The van der Waals surface area contributed by atoms with Gasteiger partial charge in [0.25, 0.3) is 0 Å². The van der Waals surface area contributed by atoms with E-state index in [1.54, 1.807) is 13.2 Å². The molecule has 0 bridgehead atoms. The number of benzene rings is 1. The van der Waals surface area contributed by atoms with Gasteiger partial charge in [0, 0.05) is 17.0 Å². The Labute approximate surface area is 136 Å². The number of hydrogen-bond acceptors (Lipinski definition) is 4. The Balaban J connectivity index is 2.18. The van der Waals surface area contributed by atoms with Gasteiger partial charge in [-0.3, -0.25) is 10.1 Å². The lowest BCUT2D eigenvalue weighted by atomic mass is 10.2. The number of hydrogen-bond donors (Lipinski definition) is 1. The van der Waals surface area contributed by atoms with Crippen molar-refractivity contribution in [1.29, 1.82) is 0 Å². The van der Waals surface area contributed by atoms with E-state index in [4.69, 9.17) is 4.74 Å². The van der Waals surface area contributed by atoms with Crippen LogP contribution >= 0.6 is 27.3 Å². The first kappa shape index (κ1) is 15.7. The van der Waals surface area contributed by atoms with Crippen LogP contribution in [0.2, 0.25) is 0 Å². The van der Waals surface area contributed by atoms with E-state index in [0.717, 1.165) is 27.1 Å². The Morgan fingerprint density at radius 2 is 2.19 bits per heavy atom. The third kappa shape index (κ3) is 4.15. The van der Waals surface area contributed by atoms with Crippen LogP contribution in [-0.2, 0) is 4.79 Å². The molecule has 1 heterocycles. The van der Waals surface area contributed by atoms with Crippen molar-refractivity contribution in [2.75, 3.05) is 12.4 Å². The summed E-state index contributed by atoms with van der Waals surface area (Å²) in [5.41, 5.74) is 2.72. The first-order chi connectivity index (χ1) is 9.99. The average Bonchev–Trinajstić information content (AvgIpc) is 2.86. The molecule has 0 atom stereocenters. The Morgan fingerprint density at radius 1 is 1.43 bits per heavy atom. The number of carbonyl (C=O) groups is 1. The zero-order valence-electron chi connectivity index (χ0n) is 11.9. The van der Waals surface area contributed by atoms with E-state index in [9.17, 15) is 4.79 Å². The molecular weight excluding hydrogens is 352 g/mol. The van der Waals surface area contributed by atoms with Gasteiger partial charge in [0.1, 0.15) is 5.75 Å². The van der Waals surface area contributed by atoms with Crippen LogP contribution in [0.4, 0.5) is 5.13 Å². The predicted octanol–water partition coefficient (Wildman–Crippen LogP) is 4.49. The zero-order valence-corrected chi connectivity index (χ0v) is 14.3. The number of rotatable bonds is 4. The highest BCUT2D eigenvalue weighted by molar-refractivity contribution is 9.10. The van der Waals surface area contributed by atoms with Crippen LogP contribution in [0.15, 0.2) is 39.7 Å². The molecule has 0 fully saturated rings. The number of aromatic nitrogens is 1. The summed E-state index contributed by atoms with van der Waals surface area (Å²) in [7, 11) is 1.62. The summed E-state index contributed by atoms with van der Waals surface area (Å²) in [6, 6.07) is 5.75. The average molecular weight is 367 g/mol. The van der Waals surface area contributed by atoms with Crippen molar-refractivity contribution in [2.45, 2.75) is 13.8 Å². The van der Waals surface area contributed by atoms with Gasteiger partial charge in [-0.05, 0) is 48.0 Å². The zero-order chi connectivity index (χ0) is 15.4. The van der Waals surface area contributed by atoms with Gasteiger partial charge in [-0.1, -0.05) is 5.57 Å². The monoisotopic (exact) mass is 366 g/mol. The maximum absolute atomic E-state index is 11.7. The van der Waals surface area contributed by atoms with Crippen LogP contribution in [0.1, 0.15) is 13.8 Å². The normalized spacial score (nSPS) is 10.1. The van der Waals surface area contributed by atoms with Gasteiger partial charge >= 0.3 is 0 Å². The second-order valence-corrected chi connectivity index (χ2v) is 6.31. The number of thiazole rings is 1. The molecule has 2 aromatic rings. The van der Waals surface area contributed by atoms with Crippen LogP contribution in [0.3, 0.4) is 0 Å². The van der Waals surface area contributed by atoms with Gasteiger partial charge in [-0.25, -0.2) is 4.98 Å². The van der Waals surface area contributed by atoms with Crippen molar-refractivity contribution in [3.05, 3.63) is 39.7 Å². The summed E-state index contributed by atoms with van der Waals surface area (Å²) >= 11 is 4.85. The lowest BCUT2D eigenvalue weighted by Gasteiger charge is -2.04. The van der Waals surface area contributed by atoms with Crippen molar-refractivity contribution in [1.82, 2.24) is 4.98 Å².